The van der Waals surface area contributed by atoms with Gasteiger partial charge in [-0.25, -0.2) is 9.37 Å². The van der Waals surface area contributed by atoms with Crippen LogP contribution in [0.25, 0.3) is 0 Å². The number of amides is 1. The molecule has 0 atom stereocenters. The zero-order valence-corrected chi connectivity index (χ0v) is 12.5. The summed E-state index contributed by atoms with van der Waals surface area (Å²) in [5.74, 6) is 0.366. The first-order valence-corrected chi connectivity index (χ1v) is 7.38. The molecule has 6 nitrogen and oxygen atoms in total. The molecule has 1 aliphatic rings. The monoisotopic (exact) mass is 295 g/mol. The van der Waals surface area contributed by atoms with Crippen LogP contribution in [0.15, 0.2) is 6.20 Å². The van der Waals surface area contributed by atoms with Crippen molar-refractivity contribution < 1.29 is 9.18 Å². The van der Waals surface area contributed by atoms with Gasteiger partial charge in [-0.05, 0) is 19.3 Å². The Morgan fingerprint density at radius 3 is 2.81 bits per heavy atom. The third-order valence-electron chi connectivity index (χ3n) is 3.46. The molecule has 0 aromatic carbocycles. The maximum absolute atomic E-state index is 13.9. The largest absolute Gasteiger partial charge is 0.354 e. The molecule has 7 heteroatoms. The number of rotatable bonds is 5. The lowest BCUT2D eigenvalue weighted by Gasteiger charge is -2.33. The molecular formula is C14H22FN5O. The molecule has 0 saturated carbocycles. The molecule has 1 aliphatic heterocycles. The van der Waals surface area contributed by atoms with Gasteiger partial charge in [-0.15, -0.1) is 0 Å². The fourth-order valence-corrected chi connectivity index (χ4v) is 2.42. The number of carbonyl (C=O) groups is 1. The highest BCUT2D eigenvalue weighted by atomic mass is 19.1. The van der Waals surface area contributed by atoms with Crippen LogP contribution in [0.3, 0.4) is 0 Å². The summed E-state index contributed by atoms with van der Waals surface area (Å²) in [7, 11) is 0. The first-order chi connectivity index (χ1) is 10.1. The van der Waals surface area contributed by atoms with Gasteiger partial charge in [0.2, 0.25) is 11.9 Å². The van der Waals surface area contributed by atoms with E-state index in [4.69, 9.17) is 0 Å². The van der Waals surface area contributed by atoms with Crippen molar-refractivity contribution in [1.29, 1.82) is 0 Å². The first-order valence-electron chi connectivity index (χ1n) is 7.38. The summed E-state index contributed by atoms with van der Waals surface area (Å²) in [6.07, 6.45) is 3.75. The Kier molecular flexibility index (Phi) is 5.30. The van der Waals surface area contributed by atoms with E-state index in [0.717, 1.165) is 25.8 Å². The van der Waals surface area contributed by atoms with E-state index in [1.165, 1.54) is 13.1 Å². The van der Waals surface area contributed by atoms with Crippen LogP contribution in [0.2, 0.25) is 0 Å². The van der Waals surface area contributed by atoms with E-state index in [2.05, 4.69) is 20.6 Å². The lowest BCUT2D eigenvalue weighted by Crippen LogP contribution is -2.44. The van der Waals surface area contributed by atoms with E-state index in [1.54, 1.807) is 0 Å². The summed E-state index contributed by atoms with van der Waals surface area (Å²) < 4.78 is 13.9. The standard InChI is InChI=1S/C14H22FN5O/c1-3-6-16-14-17-9-12(15)13(19-14)20-7-4-11(5-8-20)18-10(2)21/h9,11H,3-8H2,1-2H3,(H,18,21)(H,16,17,19). The van der Waals surface area contributed by atoms with Crippen molar-refractivity contribution >= 4 is 17.7 Å². The summed E-state index contributed by atoms with van der Waals surface area (Å²) in [6.45, 7) is 5.67. The van der Waals surface area contributed by atoms with Crippen molar-refractivity contribution in [1.82, 2.24) is 15.3 Å². The SMILES string of the molecule is CCCNc1ncc(F)c(N2CCC(NC(C)=O)CC2)n1. The van der Waals surface area contributed by atoms with Gasteiger partial charge in [0.1, 0.15) is 0 Å². The van der Waals surface area contributed by atoms with Crippen LogP contribution in [0.5, 0.6) is 0 Å². The van der Waals surface area contributed by atoms with Gasteiger partial charge in [-0.2, -0.15) is 4.98 Å². The number of hydrogen-bond acceptors (Lipinski definition) is 5. The molecule has 0 aliphatic carbocycles. The third-order valence-corrected chi connectivity index (χ3v) is 3.46. The van der Waals surface area contributed by atoms with E-state index in [1.807, 2.05) is 11.8 Å². The summed E-state index contributed by atoms with van der Waals surface area (Å²) in [6, 6.07) is 0.168. The van der Waals surface area contributed by atoms with Crippen LogP contribution in [0.1, 0.15) is 33.1 Å². The zero-order chi connectivity index (χ0) is 15.2. The Labute approximate surface area is 124 Å². The number of carbonyl (C=O) groups excluding carboxylic acids is 1. The van der Waals surface area contributed by atoms with Gasteiger partial charge in [-0.1, -0.05) is 6.92 Å². The predicted octanol–water partition coefficient (Wildman–Crippen LogP) is 1.54. The molecule has 2 heterocycles. The number of aromatic nitrogens is 2. The minimum Gasteiger partial charge on any atom is -0.354 e. The Morgan fingerprint density at radius 1 is 1.48 bits per heavy atom. The zero-order valence-electron chi connectivity index (χ0n) is 12.5. The van der Waals surface area contributed by atoms with Crippen LogP contribution >= 0.6 is 0 Å². The second-order valence-electron chi connectivity index (χ2n) is 5.25. The molecule has 2 rings (SSSR count). The van der Waals surface area contributed by atoms with Gasteiger partial charge in [0.05, 0.1) is 6.20 Å². The molecule has 1 aromatic rings. The van der Waals surface area contributed by atoms with Crippen molar-refractivity contribution in [2.75, 3.05) is 29.9 Å². The molecule has 0 spiro atoms. The Bertz CT molecular complexity index is 488. The lowest BCUT2D eigenvalue weighted by molar-refractivity contribution is -0.119. The maximum atomic E-state index is 13.9. The van der Waals surface area contributed by atoms with E-state index in [0.29, 0.717) is 24.9 Å². The van der Waals surface area contributed by atoms with Crippen molar-refractivity contribution in [3.63, 3.8) is 0 Å². The van der Waals surface area contributed by atoms with E-state index < -0.39 is 5.82 Å². The Hall–Kier alpha value is -1.92. The average Bonchev–Trinajstić information content (AvgIpc) is 2.47. The highest BCUT2D eigenvalue weighted by molar-refractivity contribution is 5.73. The van der Waals surface area contributed by atoms with Gasteiger partial charge in [0.15, 0.2) is 11.6 Å². The molecule has 2 N–H and O–H groups in total. The van der Waals surface area contributed by atoms with Crippen LogP contribution in [-0.2, 0) is 4.79 Å². The van der Waals surface area contributed by atoms with Gasteiger partial charge >= 0.3 is 0 Å². The van der Waals surface area contributed by atoms with Crippen molar-refractivity contribution in [2.24, 2.45) is 0 Å². The van der Waals surface area contributed by atoms with E-state index >= 15 is 0 Å². The summed E-state index contributed by atoms with van der Waals surface area (Å²) in [5, 5.41) is 5.97. The van der Waals surface area contributed by atoms with Gasteiger partial charge < -0.3 is 15.5 Å². The lowest BCUT2D eigenvalue weighted by atomic mass is 10.1. The highest BCUT2D eigenvalue weighted by Crippen LogP contribution is 2.21. The molecule has 21 heavy (non-hydrogen) atoms. The molecule has 1 amide bonds. The fourth-order valence-electron chi connectivity index (χ4n) is 2.42. The second kappa shape index (κ2) is 7.19. The van der Waals surface area contributed by atoms with Gasteiger partial charge in [-0.3, -0.25) is 4.79 Å². The van der Waals surface area contributed by atoms with Crippen LogP contribution in [0.4, 0.5) is 16.2 Å². The van der Waals surface area contributed by atoms with E-state index in [9.17, 15) is 9.18 Å². The maximum Gasteiger partial charge on any atom is 0.224 e. The molecule has 0 radical (unpaired) electrons. The Balaban J connectivity index is 2.00. The Morgan fingerprint density at radius 2 is 2.19 bits per heavy atom. The smallest absolute Gasteiger partial charge is 0.224 e. The minimum atomic E-state index is -0.407. The van der Waals surface area contributed by atoms with E-state index in [-0.39, 0.29) is 11.9 Å². The second-order valence-corrected chi connectivity index (χ2v) is 5.25. The van der Waals surface area contributed by atoms with Crippen LogP contribution in [0, 0.1) is 5.82 Å². The summed E-state index contributed by atoms with van der Waals surface area (Å²) >= 11 is 0. The predicted molar refractivity (Wildman–Crippen MR) is 79.8 cm³/mol. The first kappa shape index (κ1) is 15.5. The normalized spacial score (nSPS) is 15.9. The van der Waals surface area contributed by atoms with Crippen molar-refractivity contribution in [3.05, 3.63) is 12.0 Å². The molecule has 116 valence electrons. The minimum absolute atomic E-state index is 0.0206. The topological polar surface area (TPSA) is 70.2 Å². The number of halogens is 1. The molecule has 0 unspecified atom stereocenters. The van der Waals surface area contributed by atoms with Gasteiger partial charge in [0.25, 0.3) is 0 Å². The van der Waals surface area contributed by atoms with Crippen molar-refractivity contribution in [2.45, 2.75) is 39.2 Å². The van der Waals surface area contributed by atoms with Crippen molar-refractivity contribution in [3.8, 4) is 0 Å². The third kappa shape index (κ3) is 4.27. The van der Waals surface area contributed by atoms with Gasteiger partial charge in [0, 0.05) is 32.6 Å². The molecular weight excluding hydrogens is 273 g/mol. The average molecular weight is 295 g/mol. The molecule has 1 saturated heterocycles. The number of nitrogens with zero attached hydrogens (tertiary/aromatic N) is 3. The van der Waals surface area contributed by atoms with Crippen LogP contribution < -0.4 is 15.5 Å². The molecule has 0 bridgehead atoms. The molecule has 1 aromatic heterocycles. The number of hydrogen-bond donors (Lipinski definition) is 2. The number of nitrogens with one attached hydrogen (secondary N) is 2. The molecule has 1 fully saturated rings. The summed E-state index contributed by atoms with van der Waals surface area (Å²) in [5.41, 5.74) is 0. The van der Waals surface area contributed by atoms with Crippen LogP contribution in [-0.4, -0.2) is 41.6 Å². The highest BCUT2D eigenvalue weighted by Gasteiger charge is 2.23. The quantitative estimate of drug-likeness (QED) is 0.862. The number of anilines is 2. The summed E-state index contributed by atoms with van der Waals surface area (Å²) in [4.78, 5) is 21.2. The fraction of sp³-hybridized carbons (Fsp3) is 0.643. The number of piperidine rings is 1.